The molecule has 1 heteroatoms. The Hall–Kier alpha value is -5.14. The van der Waals surface area contributed by atoms with E-state index < -0.39 is 0 Å². The van der Waals surface area contributed by atoms with Crippen LogP contribution in [0.1, 0.15) is 26.3 Å². The molecule has 0 saturated heterocycles. The summed E-state index contributed by atoms with van der Waals surface area (Å²) in [5, 5.41) is 7.31. The fraction of sp³-hybridized carbons (Fsp3) is 0.0952. The van der Waals surface area contributed by atoms with E-state index in [0.29, 0.717) is 0 Å². The van der Waals surface area contributed by atoms with E-state index in [0.717, 1.165) is 27.5 Å². The molecule has 43 heavy (non-hydrogen) atoms. The van der Waals surface area contributed by atoms with Gasteiger partial charge < -0.3 is 4.42 Å². The van der Waals surface area contributed by atoms with Crippen LogP contribution in [0.2, 0.25) is 0 Å². The Kier molecular flexibility index (Phi) is 5.77. The first-order valence-electron chi connectivity index (χ1n) is 15.0. The van der Waals surface area contributed by atoms with Crippen molar-refractivity contribution in [2.24, 2.45) is 0 Å². The van der Waals surface area contributed by atoms with Gasteiger partial charge in [0.1, 0.15) is 11.2 Å². The van der Waals surface area contributed by atoms with E-state index >= 15 is 0 Å². The highest BCUT2D eigenvalue weighted by Gasteiger charge is 2.21. The molecule has 0 bridgehead atoms. The number of benzene rings is 7. The average molecular weight is 553 g/mol. The normalized spacial score (nSPS) is 12.1. The lowest BCUT2D eigenvalue weighted by molar-refractivity contribution is 0.590. The summed E-state index contributed by atoms with van der Waals surface area (Å²) < 4.78 is 6.74. The second-order valence-electron chi connectivity index (χ2n) is 12.5. The van der Waals surface area contributed by atoms with Gasteiger partial charge in [0.2, 0.25) is 0 Å². The van der Waals surface area contributed by atoms with Crippen LogP contribution in [0.25, 0.3) is 76.9 Å². The summed E-state index contributed by atoms with van der Waals surface area (Å²) in [6, 6.07) is 50.4. The minimum absolute atomic E-state index is 0.0684. The van der Waals surface area contributed by atoms with Crippen molar-refractivity contribution in [1.82, 2.24) is 0 Å². The lowest BCUT2D eigenvalue weighted by Crippen LogP contribution is -2.10. The Morgan fingerprint density at radius 2 is 0.977 bits per heavy atom. The van der Waals surface area contributed by atoms with Crippen LogP contribution in [-0.2, 0) is 5.41 Å². The van der Waals surface area contributed by atoms with E-state index in [1.54, 1.807) is 0 Å². The van der Waals surface area contributed by atoms with Crippen LogP contribution in [-0.4, -0.2) is 0 Å². The number of furan rings is 1. The number of rotatable bonds is 3. The van der Waals surface area contributed by atoms with Crippen LogP contribution in [0.15, 0.2) is 144 Å². The van der Waals surface area contributed by atoms with E-state index in [9.17, 15) is 0 Å². The summed E-state index contributed by atoms with van der Waals surface area (Å²) in [7, 11) is 0. The Labute approximate surface area is 252 Å². The topological polar surface area (TPSA) is 13.1 Å². The first-order chi connectivity index (χ1) is 21.0. The standard InChI is InChI=1S/C42H32O/c1-42(2,3)29-17-11-16-28(26-29)30-22-12-24-36-40-35(23-13-25-37(40)43-41(30)36)39-33-20-9-7-18-31(33)38(27-14-5-4-6-15-27)32-19-8-10-21-34(32)39/h4-26H,1-3H3. The fourth-order valence-electron chi connectivity index (χ4n) is 6.77. The van der Waals surface area contributed by atoms with Gasteiger partial charge in [0, 0.05) is 16.3 Å². The maximum Gasteiger partial charge on any atom is 0.143 e. The average Bonchev–Trinajstić information content (AvgIpc) is 3.43. The van der Waals surface area contributed by atoms with Crippen molar-refractivity contribution < 1.29 is 4.42 Å². The molecular weight excluding hydrogens is 520 g/mol. The SMILES string of the molecule is CC(C)(C)c1cccc(-c2cccc3c2oc2cccc(-c4c5ccccc5c(-c5ccccc5)c5ccccc45)c23)c1. The Morgan fingerprint density at radius 1 is 0.442 bits per heavy atom. The van der Waals surface area contributed by atoms with Gasteiger partial charge in [-0.05, 0) is 66.4 Å². The van der Waals surface area contributed by atoms with Crippen LogP contribution < -0.4 is 0 Å². The van der Waals surface area contributed by atoms with Crippen molar-refractivity contribution in [3.63, 3.8) is 0 Å². The van der Waals surface area contributed by atoms with E-state index in [-0.39, 0.29) is 5.41 Å². The summed E-state index contributed by atoms with van der Waals surface area (Å²) in [6.45, 7) is 6.79. The van der Waals surface area contributed by atoms with Crippen molar-refractivity contribution in [3.8, 4) is 33.4 Å². The van der Waals surface area contributed by atoms with Gasteiger partial charge in [0.25, 0.3) is 0 Å². The Bertz CT molecular complexity index is 2260. The largest absolute Gasteiger partial charge is 0.455 e. The van der Waals surface area contributed by atoms with Crippen LogP contribution in [0.5, 0.6) is 0 Å². The molecule has 0 N–H and O–H groups in total. The van der Waals surface area contributed by atoms with Crippen LogP contribution in [0, 0.1) is 0 Å². The van der Waals surface area contributed by atoms with Crippen LogP contribution in [0.4, 0.5) is 0 Å². The molecule has 206 valence electrons. The van der Waals surface area contributed by atoms with E-state index in [2.05, 4.69) is 160 Å². The third-order valence-corrected chi connectivity index (χ3v) is 8.83. The molecule has 1 aromatic heterocycles. The van der Waals surface area contributed by atoms with Gasteiger partial charge in [0.15, 0.2) is 0 Å². The molecule has 7 aromatic carbocycles. The molecule has 0 aliphatic rings. The van der Waals surface area contributed by atoms with E-state index in [1.165, 1.54) is 54.9 Å². The van der Waals surface area contributed by atoms with E-state index in [4.69, 9.17) is 4.42 Å². The maximum absolute atomic E-state index is 6.74. The van der Waals surface area contributed by atoms with E-state index in [1.807, 2.05) is 0 Å². The highest BCUT2D eigenvalue weighted by atomic mass is 16.3. The van der Waals surface area contributed by atoms with Crippen molar-refractivity contribution >= 4 is 43.5 Å². The third-order valence-electron chi connectivity index (χ3n) is 8.83. The molecule has 0 saturated carbocycles. The third kappa shape index (κ3) is 4.07. The minimum atomic E-state index is 0.0684. The lowest BCUT2D eigenvalue weighted by atomic mass is 9.84. The Balaban J connectivity index is 1.46. The molecule has 0 atom stereocenters. The molecule has 0 aliphatic carbocycles. The molecule has 0 aliphatic heterocycles. The monoisotopic (exact) mass is 552 g/mol. The van der Waals surface area contributed by atoms with Crippen molar-refractivity contribution in [3.05, 3.63) is 145 Å². The summed E-state index contributed by atoms with van der Waals surface area (Å²) in [5.41, 5.74) is 10.5. The molecule has 0 unspecified atom stereocenters. The summed E-state index contributed by atoms with van der Waals surface area (Å²) in [4.78, 5) is 0. The smallest absolute Gasteiger partial charge is 0.143 e. The molecule has 0 fully saturated rings. The second kappa shape index (κ2) is 9.71. The minimum Gasteiger partial charge on any atom is -0.455 e. The van der Waals surface area contributed by atoms with Gasteiger partial charge in [-0.2, -0.15) is 0 Å². The highest BCUT2D eigenvalue weighted by molar-refractivity contribution is 6.26. The zero-order chi connectivity index (χ0) is 29.1. The first kappa shape index (κ1) is 25.6. The van der Waals surface area contributed by atoms with Gasteiger partial charge in [0.05, 0.1) is 0 Å². The van der Waals surface area contributed by atoms with Crippen LogP contribution >= 0.6 is 0 Å². The predicted octanol–water partition coefficient (Wildman–Crippen LogP) is 12.2. The molecule has 8 rings (SSSR count). The lowest BCUT2D eigenvalue weighted by Gasteiger charge is -2.19. The number of fused-ring (bicyclic) bond motifs is 5. The molecule has 0 spiro atoms. The molecule has 1 nitrogen and oxygen atoms in total. The molecule has 1 heterocycles. The fourth-order valence-corrected chi connectivity index (χ4v) is 6.77. The van der Waals surface area contributed by atoms with Gasteiger partial charge in [-0.25, -0.2) is 0 Å². The molecular formula is C42H32O. The van der Waals surface area contributed by atoms with Crippen molar-refractivity contribution in [1.29, 1.82) is 0 Å². The maximum atomic E-state index is 6.74. The number of para-hydroxylation sites is 1. The summed E-state index contributed by atoms with van der Waals surface area (Å²) in [6.07, 6.45) is 0. The molecule has 8 aromatic rings. The summed E-state index contributed by atoms with van der Waals surface area (Å²) >= 11 is 0. The summed E-state index contributed by atoms with van der Waals surface area (Å²) in [5.74, 6) is 0. The highest BCUT2D eigenvalue weighted by Crippen LogP contribution is 2.47. The van der Waals surface area contributed by atoms with Gasteiger partial charge in [-0.15, -0.1) is 0 Å². The Morgan fingerprint density at radius 3 is 1.65 bits per heavy atom. The zero-order valence-electron chi connectivity index (χ0n) is 24.7. The second-order valence-corrected chi connectivity index (χ2v) is 12.5. The van der Waals surface area contributed by atoms with Crippen LogP contribution in [0.3, 0.4) is 0 Å². The number of hydrogen-bond acceptors (Lipinski definition) is 1. The predicted molar refractivity (Wildman–Crippen MR) is 184 cm³/mol. The van der Waals surface area contributed by atoms with Gasteiger partial charge in [-0.1, -0.05) is 154 Å². The van der Waals surface area contributed by atoms with Gasteiger partial charge >= 0.3 is 0 Å². The van der Waals surface area contributed by atoms with Gasteiger partial charge in [-0.3, -0.25) is 0 Å². The molecule has 0 amide bonds. The quantitative estimate of drug-likeness (QED) is 0.199. The number of hydrogen-bond donors (Lipinski definition) is 0. The zero-order valence-corrected chi connectivity index (χ0v) is 24.7. The van der Waals surface area contributed by atoms with Crippen molar-refractivity contribution in [2.75, 3.05) is 0 Å². The molecule has 0 radical (unpaired) electrons. The van der Waals surface area contributed by atoms with Crippen molar-refractivity contribution in [2.45, 2.75) is 26.2 Å². The first-order valence-corrected chi connectivity index (χ1v) is 15.0.